The summed E-state index contributed by atoms with van der Waals surface area (Å²) in [5.41, 5.74) is 0.977. The zero-order valence-corrected chi connectivity index (χ0v) is 17.8. The highest BCUT2D eigenvalue weighted by molar-refractivity contribution is 6.51. The van der Waals surface area contributed by atoms with Crippen molar-refractivity contribution >= 4 is 40.4 Å². The summed E-state index contributed by atoms with van der Waals surface area (Å²) < 4.78 is 0. The monoisotopic (exact) mass is 458 g/mol. The fourth-order valence-corrected chi connectivity index (χ4v) is 3.72. The average Bonchev–Trinajstić information content (AvgIpc) is 3.10. The minimum Gasteiger partial charge on any atom is -0.507 e. The van der Waals surface area contributed by atoms with E-state index in [1.807, 2.05) is 0 Å². The van der Waals surface area contributed by atoms with Gasteiger partial charge in [-0.05, 0) is 48.5 Å². The van der Waals surface area contributed by atoms with Crippen molar-refractivity contribution in [2.75, 3.05) is 10.2 Å². The third kappa shape index (κ3) is 4.11. The number of Topliss-reactive ketones (excluding diaryl/α,β-unsaturated/α-hetero) is 1. The Hall–Kier alpha value is -4.86. The van der Waals surface area contributed by atoms with Crippen LogP contribution in [0.2, 0.25) is 0 Å². The quantitative estimate of drug-likeness (QED) is 0.196. The van der Waals surface area contributed by atoms with Gasteiger partial charge in [0.15, 0.2) is 0 Å². The van der Waals surface area contributed by atoms with Gasteiger partial charge in [-0.25, -0.2) is 0 Å². The number of pyridine rings is 1. The Morgan fingerprint density at radius 3 is 2.29 bits per heavy atom. The highest BCUT2D eigenvalue weighted by atomic mass is 16.6. The minimum atomic E-state index is -1.04. The minimum absolute atomic E-state index is 0.144. The molecule has 10 heteroatoms. The van der Waals surface area contributed by atoms with Gasteiger partial charge < -0.3 is 10.4 Å². The van der Waals surface area contributed by atoms with E-state index >= 15 is 0 Å². The maximum atomic E-state index is 13.1. The molecule has 2 N–H and O–H groups in total. The molecule has 34 heavy (non-hydrogen) atoms. The fraction of sp³-hybridized carbons (Fsp3) is 0.0833. The number of ketones is 1. The zero-order valence-electron chi connectivity index (χ0n) is 17.8. The van der Waals surface area contributed by atoms with E-state index in [0.717, 1.165) is 0 Å². The molecular weight excluding hydrogens is 440 g/mol. The number of aliphatic hydroxyl groups excluding tert-OH is 1. The number of nitrogens with one attached hydrogen (secondary N) is 1. The van der Waals surface area contributed by atoms with Crippen molar-refractivity contribution in [2.24, 2.45) is 0 Å². The zero-order chi connectivity index (χ0) is 24.4. The molecule has 1 aliphatic heterocycles. The maximum absolute atomic E-state index is 13.1. The molecule has 1 saturated heterocycles. The second kappa shape index (κ2) is 8.94. The molecule has 0 bridgehead atoms. The van der Waals surface area contributed by atoms with Gasteiger partial charge in [-0.1, -0.05) is 6.07 Å². The number of nitro groups is 1. The van der Waals surface area contributed by atoms with Crippen LogP contribution >= 0.6 is 0 Å². The molecule has 3 aromatic rings. The summed E-state index contributed by atoms with van der Waals surface area (Å²) in [6.07, 6.45) is 1.50. The van der Waals surface area contributed by atoms with E-state index in [1.165, 1.54) is 42.3 Å². The molecule has 1 aliphatic rings. The molecule has 10 nitrogen and oxygen atoms in total. The van der Waals surface area contributed by atoms with Crippen molar-refractivity contribution in [3.05, 3.63) is 99.9 Å². The van der Waals surface area contributed by atoms with Crippen LogP contribution in [0.1, 0.15) is 24.2 Å². The second-order valence-electron chi connectivity index (χ2n) is 7.46. The topological polar surface area (TPSA) is 143 Å². The van der Waals surface area contributed by atoms with Crippen LogP contribution in [0.15, 0.2) is 78.5 Å². The smallest absolute Gasteiger partial charge is 0.300 e. The lowest BCUT2D eigenvalue weighted by molar-refractivity contribution is -0.384. The second-order valence-corrected chi connectivity index (χ2v) is 7.46. The number of non-ortho nitro benzene ring substituents is 1. The molecule has 2 amide bonds. The Morgan fingerprint density at radius 1 is 1.06 bits per heavy atom. The van der Waals surface area contributed by atoms with Crippen LogP contribution in [-0.2, 0) is 14.4 Å². The van der Waals surface area contributed by atoms with Crippen molar-refractivity contribution in [3.63, 3.8) is 0 Å². The van der Waals surface area contributed by atoms with E-state index in [4.69, 9.17) is 0 Å². The molecule has 1 aromatic heterocycles. The number of aromatic nitrogens is 1. The van der Waals surface area contributed by atoms with Gasteiger partial charge in [-0.2, -0.15) is 0 Å². The van der Waals surface area contributed by atoms with E-state index in [-0.39, 0.29) is 22.7 Å². The third-order valence-electron chi connectivity index (χ3n) is 5.23. The van der Waals surface area contributed by atoms with Crippen LogP contribution in [0.4, 0.5) is 17.1 Å². The Labute approximate surface area is 193 Å². The first-order chi connectivity index (χ1) is 16.3. The van der Waals surface area contributed by atoms with E-state index in [0.29, 0.717) is 17.1 Å². The summed E-state index contributed by atoms with van der Waals surface area (Å²) in [6, 6.07) is 15.3. The van der Waals surface area contributed by atoms with Crippen LogP contribution in [0.25, 0.3) is 5.76 Å². The van der Waals surface area contributed by atoms with E-state index in [1.54, 1.807) is 42.5 Å². The maximum Gasteiger partial charge on any atom is 0.300 e. The Morgan fingerprint density at radius 2 is 1.74 bits per heavy atom. The predicted octanol–water partition coefficient (Wildman–Crippen LogP) is 3.57. The molecule has 2 aromatic carbocycles. The average molecular weight is 458 g/mol. The number of hydrogen-bond acceptors (Lipinski definition) is 7. The summed E-state index contributed by atoms with van der Waals surface area (Å²) in [5, 5.41) is 24.6. The molecule has 0 aliphatic carbocycles. The van der Waals surface area contributed by atoms with Crippen LogP contribution in [0.3, 0.4) is 0 Å². The molecule has 1 fully saturated rings. The molecule has 0 saturated carbocycles. The lowest BCUT2D eigenvalue weighted by Crippen LogP contribution is -2.29. The normalized spacial score (nSPS) is 17.0. The highest BCUT2D eigenvalue weighted by Gasteiger charge is 2.47. The summed E-state index contributed by atoms with van der Waals surface area (Å²) >= 11 is 0. The molecule has 1 atom stereocenters. The van der Waals surface area contributed by atoms with Gasteiger partial charge in [0.1, 0.15) is 11.8 Å². The SMILES string of the molecule is CC(=O)Nc1ccc(N2C(=O)C(=O)/C(=C(\O)c3ccc([N+](=O)[O-])cc3)C2c2ccccn2)cc1. The predicted molar refractivity (Wildman–Crippen MR) is 123 cm³/mol. The Balaban J connectivity index is 1.84. The molecule has 0 radical (unpaired) electrons. The van der Waals surface area contributed by atoms with Crippen molar-refractivity contribution in [1.29, 1.82) is 0 Å². The number of aliphatic hydroxyl groups is 1. The number of rotatable bonds is 5. The fourth-order valence-electron chi connectivity index (χ4n) is 3.72. The molecule has 4 rings (SSSR count). The largest absolute Gasteiger partial charge is 0.507 e. The summed E-state index contributed by atoms with van der Waals surface area (Å²) in [4.78, 5) is 53.3. The number of benzene rings is 2. The van der Waals surface area contributed by atoms with Crippen molar-refractivity contribution in [1.82, 2.24) is 4.98 Å². The van der Waals surface area contributed by atoms with E-state index in [2.05, 4.69) is 10.3 Å². The first-order valence-electron chi connectivity index (χ1n) is 10.1. The molecule has 170 valence electrons. The number of carbonyl (C=O) groups is 3. The number of hydrogen-bond donors (Lipinski definition) is 2. The molecule has 2 heterocycles. The Bertz CT molecular complexity index is 1320. The van der Waals surface area contributed by atoms with Crippen molar-refractivity contribution in [2.45, 2.75) is 13.0 Å². The summed E-state index contributed by atoms with van der Waals surface area (Å²) in [7, 11) is 0. The lowest BCUT2D eigenvalue weighted by atomic mass is 9.98. The molecular formula is C24H18N4O6. The van der Waals surface area contributed by atoms with Gasteiger partial charge in [0.05, 0.1) is 16.2 Å². The van der Waals surface area contributed by atoms with Crippen LogP contribution in [0, 0.1) is 10.1 Å². The number of anilines is 2. The van der Waals surface area contributed by atoms with Crippen molar-refractivity contribution in [3.8, 4) is 0 Å². The molecule has 0 spiro atoms. The Kier molecular flexibility index (Phi) is 5.88. The standard InChI is InChI=1S/C24H18N4O6/c1-14(29)26-16-7-11-17(12-8-16)27-21(19-4-2-3-13-25-19)20(23(31)24(27)32)22(30)15-5-9-18(10-6-15)28(33)34/h2-13,21,30H,1H3,(H,26,29)/b22-20-. The van der Waals surface area contributed by atoms with Gasteiger partial charge in [0, 0.05) is 42.2 Å². The summed E-state index contributed by atoms with van der Waals surface area (Å²) in [6.45, 7) is 1.37. The van der Waals surface area contributed by atoms with E-state index in [9.17, 15) is 29.6 Å². The number of carbonyl (C=O) groups excluding carboxylic acids is 3. The molecule has 1 unspecified atom stereocenters. The van der Waals surface area contributed by atoms with Crippen molar-refractivity contribution < 1.29 is 24.4 Å². The van der Waals surface area contributed by atoms with Crippen LogP contribution in [-0.4, -0.2) is 32.6 Å². The van der Waals surface area contributed by atoms with Gasteiger partial charge in [0.25, 0.3) is 17.4 Å². The summed E-state index contributed by atoms with van der Waals surface area (Å²) in [5.74, 6) is -2.52. The van der Waals surface area contributed by atoms with Gasteiger partial charge in [-0.3, -0.25) is 34.4 Å². The first kappa shape index (κ1) is 22.3. The van der Waals surface area contributed by atoms with Gasteiger partial charge in [0.2, 0.25) is 5.91 Å². The van der Waals surface area contributed by atoms with E-state index < -0.39 is 28.4 Å². The first-order valence-corrected chi connectivity index (χ1v) is 10.1. The van der Waals surface area contributed by atoms with Gasteiger partial charge >= 0.3 is 0 Å². The number of amides is 2. The van der Waals surface area contributed by atoms with Gasteiger partial charge in [-0.15, -0.1) is 0 Å². The number of nitrogens with zero attached hydrogens (tertiary/aromatic N) is 3. The lowest BCUT2D eigenvalue weighted by Gasteiger charge is -2.24. The number of nitro benzene ring substituents is 1. The van der Waals surface area contributed by atoms with Crippen LogP contribution < -0.4 is 10.2 Å². The van der Waals surface area contributed by atoms with Crippen LogP contribution in [0.5, 0.6) is 0 Å². The highest BCUT2D eigenvalue weighted by Crippen LogP contribution is 2.41. The third-order valence-corrected chi connectivity index (χ3v) is 5.23.